The van der Waals surface area contributed by atoms with Crippen LogP contribution in [0.1, 0.15) is 24.7 Å². The lowest BCUT2D eigenvalue weighted by molar-refractivity contribution is 0.265. The summed E-state index contributed by atoms with van der Waals surface area (Å²) in [5.74, 6) is 0.447. The topological polar surface area (TPSA) is 85.5 Å². The van der Waals surface area contributed by atoms with E-state index < -0.39 is 15.8 Å². The van der Waals surface area contributed by atoms with Crippen LogP contribution in [0, 0.1) is 5.82 Å². The van der Waals surface area contributed by atoms with Crippen LogP contribution >= 0.6 is 0 Å². The molecule has 1 saturated heterocycles. The lowest BCUT2D eigenvalue weighted by atomic mass is 10.00. The molecular weight excluding hydrogens is 397 g/mol. The number of hydrogen-bond donors (Lipinski definition) is 0. The average Bonchev–Trinajstić information content (AvgIpc) is 3.24. The Hall–Kier alpha value is -2.78. The van der Waals surface area contributed by atoms with Gasteiger partial charge in [-0.15, -0.1) is 0 Å². The molecule has 1 aromatic heterocycles. The van der Waals surface area contributed by atoms with Gasteiger partial charge in [0.25, 0.3) is 0 Å². The maximum Gasteiger partial charge on any atom is 0.246 e. The smallest absolute Gasteiger partial charge is 0.246 e. The maximum absolute atomic E-state index is 14.1. The summed E-state index contributed by atoms with van der Waals surface area (Å²) in [5, 5.41) is 4.03. The Labute approximate surface area is 168 Å². The largest absolute Gasteiger partial charge is 0.497 e. The van der Waals surface area contributed by atoms with Crippen molar-refractivity contribution >= 4 is 10.0 Å². The van der Waals surface area contributed by atoms with Gasteiger partial charge in [0.15, 0.2) is 0 Å². The van der Waals surface area contributed by atoms with Crippen LogP contribution < -0.4 is 4.74 Å². The zero-order chi connectivity index (χ0) is 20.4. The van der Waals surface area contributed by atoms with Gasteiger partial charge >= 0.3 is 0 Å². The fourth-order valence-corrected chi connectivity index (χ4v) is 5.02. The second kappa shape index (κ2) is 7.92. The van der Waals surface area contributed by atoms with Gasteiger partial charge in [0.2, 0.25) is 21.7 Å². The molecule has 3 aromatic rings. The van der Waals surface area contributed by atoms with Crippen LogP contribution in [-0.4, -0.2) is 43.1 Å². The Kier molecular flexibility index (Phi) is 5.33. The standard InChI is InChI=1S/C20H20FN3O4S/c1-27-16-8-4-6-14(12-16)19-22-20(28-23-19)15-7-5-11-24(13-15)29(25,26)18-10-3-2-9-17(18)21/h2-4,6,8-10,12,15H,5,7,11,13H2,1H3/t15-/m0/s1. The summed E-state index contributed by atoms with van der Waals surface area (Å²) in [4.78, 5) is 4.14. The number of rotatable bonds is 5. The van der Waals surface area contributed by atoms with Crippen molar-refractivity contribution in [1.29, 1.82) is 0 Å². The SMILES string of the molecule is COc1cccc(-c2noc([C@H]3CCCN(S(=O)(=O)c4ccccc4F)C3)n2)c1. The Bertz CT molecular complexity index is 1120. The fourth-order valence-electron chi connectivity index (χ4n) is 3.44. The minimum absolute atomic E-state index is 0.163. The van der Waals surface area contributed by atoms with Crippen LogP contribution in [0.3, 0.4) is 0 Å². The highest BCUT2D eigenvalue weighted by Crippen LogP contribution is 2.31. The molecular formula is C20H20FN3O4S. The first-order valence-electron chi connectivity index (χ1n) is 9.22. The minimum atomic E-state index is -3.94. The molecule has 1 atom stereocenters. The molecule has 4 rings (SSSR count). The van der Waals surface area contributed by atoms with E-state index in [2.05, 4.69) is 10.1 Å². The molecule has 2 heterocycles. The van der Waals surface area contributed by atoms with Gasteiger partial charge in [-0.3, -0.25) is 0 Å². The van der Waals surface area contributed by atoms with E-state index in [0.29, 0.717) is 36.9 Å². The summed E-state index contributed by atoms with van der Waals surface area (Å²) in [6.07, 6.45) is 1.33. The quantitative estimate of drug-likeness (QED) is 0.632. The van der Waals surface area contributed by atoms with Crippen LogP contribution in [0.25, 0.3) is 11.4 Å². The Morgan fingerprint density at radius 1 is 1.21 bits per heavy atom. The first kappa shape index (κ1) is 19.5. The molecule has 152 valence electrons. The molecule has 7 nitrogen and oxygen atoms in total. The zero-order valence-corrected chi connectivity index (χ0v) is 16.6. The van der Waals surface area contributed by atoms with Crippen LogP contribution in [0.15, 0.2) is 57.9 Å². The van der Waals surface area contributed by atoms with Gasteiger partial charge in [-0.25, -0.2) is 12.8 Å². The second-order valence-electron chi connectivity index (χ2n) is 6.82. The highest BCUT2D eigenvalue weighted by Gasteiger charge is 2.34. The Balaban J connectivity index is 1.56. The van der Waals surface area contributed by atoms with E-state index in [4.69, 9.17) is 9.26 Å². The van der Waals surface area contributed by atoms with Gasteiger partial charge in [-0.2, -0.15) is 9.29 Å². The molecule has 0 aliphatic carbocycles. The second-order valence-corrected chi connectivity index (χ2v) is 8.73. The number of ether oxygens (including phenoxy) is 1. The molecule has 0 amide bonds. The van der Waals surface area contributed by atoms with Gasteiger partial charge in [0.1, 0.15) is 16.5 Å². The van der Waals surface area contributed by atoms with Crippen LogP contribution in [0.5, 0.6) is 5.75 Å². The molecule has 1 aliphatic heterocycles. The highest BCUT2D eigenvalue weighted by atomic mass is 32.2. The molecule has 0 N–H and O–H groups in total. The predicted octanol–water partition coefficient (Wildman–Crippen LogP) is 3.45. The third kappa shape index (κ3) is 3.88. The zero-order valence-electron chi connectivity index (χ0n) is 15.8. The molecule has 9 heteroatoms. The summed E-state index contributed by atoms with van der Waals surface area (Å²) >= 11 is 0. The highest BCUT2D eigenvalue weighted by molar-refractivity contribution is 7.89. The van der Waals surface area contributed by atoms with Gasteiger partial charge < -0.3 is 9.26 Å². The first-order chi connectivity index (χ1) is 14.0. The van der Waals surface area contributed by atoms with E-state index >= 15 is 0 Å². The molecule has 0 bridgehead atoms. The maximum atomic E-state index is 14.1. The summed E-state index contributed by atoms with van der Waals surface area (Å²) < 4.78 is 51.8. The van der Waals surface area contributed by atoms with Crippen molar-refractivity contribution in [2.75, 3.05) is 20.2 Å². The van der Waals surface area contributed by atoms with Crippen molar-refractivity contribution in [3.63, 3.8) is 0 Å². The molecule has 0 spiro atoms. The summed E-state index contributed by atoms with van der Waals surface area (Å²) in [6, 6.07) is 12.7. The number of hydrogen-bond acceptors (Lipinski definition) is 6. The van der Waals surface area contributed by atoms with E-state index in [9.17, 15) is 12.8 Å². The molecule has 0 radical (unpaired) electrons. The van der Waals surface area contributed by atoms with Crippen molar-refractivity contribution in [2.24, 2.45) is 0 Å². The number of sulfonamides is 1. The summed E-state index contributed by atoms with van der Waals surface area (Å²) in [7, 11) is -2.36. The number of aromatic nitrogens is 2. The third-order valence-corrected chi connectivity index (χ3v) is 6.86. The van der Waals surface area contributed by atoms with E-state index in [1.165, 1.54) is 22.5 Å². The van der Waals surface area contributed by atoms with Gasteiger partial charge in [-0.1, -0.05) is 29.4 Å². The fraction of sp³-hybridized carbons (Fsp3) is 0.300. The van der Waals surface area contributed by atoms with Crippen molar-refractivity contribution in [3.05, 3.63) is 60.2 Å². The molecule has 1 fully saturated rings. The molecule has 2 aromatic carbocycles. The average molecular weight is 417 g/mol. The van der Waals surface area contributed by atoms with Crippen LogP contribution in [-0.2, 0) is 10.0 Å². The lowest BCUT2D eigenvalue weighted by Gasteiger charge is -2.30. The molecule has 1 aliphatic rings. The molecule has 0 unspecified atom stereocenters. The molecule has 29 heavy (non-hydrogen) atoms. The summed E-state index contributed by atoms with van der Waals surface area (Å²) in [6.45, 7) is 0.487. The van der Waals surface area contributed by atoms with Crippen LogP contribution in [0.2, 0.25) is 0 Å². The van der Waals surface area contributed by atoms with E-state index in [0.717, 1.165) is 11.6 Å². The number of nitrogens with zero attached hydrogens (tertiary/aromatic N) is 3. The van der Waals surface area contributed by atoms with E-state index in [-0.39, 0.29) is 17.4 Å². The van der Waals surface area contributed by atoms with Crippen LogP contribution in [0.4, 0.5) is 4.39 Å². The Morgan fingerprint density at radius 2 is 2.03 bits per heavy atom. The minimum Gasteiger partial charge on any atom is -0.497 e. The number of methoxy groups -OCH3 is 1. The monoisotopic (exact) mass is 417 g/mol. The van der Waals surface area contributed by atoms with Gasteiger partial charge in [0.05, 0.1) is 13.0 Å². The summed E-state index contributed by atoms with van der Waals surface area (Å²) in [5.41, 5.74) is 0.742. The van der Waals surface area contributed by atoms with Gasteiger partial charge in [0, 0.05) is 18.7 Å². The first-order valence-corrected chi connectivity index (χ1v) is 10.7. The van der Waals surface area contributed by atoms with Crippen molar-refractivity contribution in [2.45, 2.75) is 23.7 Å². The van der Waals surface area contributed by atoms with Crippen molar-refractivity contribution in [3.8, 4) is 17.1 Å². The number of benzene rings is 2. The van der Waals surface area contributed by atoms with Gasteiger partial charge in [-0.05, 0) is 37.1 Å². The number of halogens is 1. The number of piperidine rings is 1. The lowest BCUT2D eigenvalue weighted by Crippen LogP contribution is -2.39. The van der Waals surface area contributed by atoms with E-state index in [1.807, 2.05) is 18.2 Å². The molecule has 0 saturated carbocycles. The third-order valence-electron chi connectivity index (χ3n) is 4.96. The Morgan fingerprint density at radius 3 is 2.83 bits per heavy atom. The van der Waals surface area contributed by atoms with E-state index in [1.54, 1.807) is 13.2 Å². The predicted molar refractivity (Wildman–Crippen MR) is 103 cm³/mol. The normalized spacial score (nSPS) is 17.9. The van der Waals surface area contributed by atoms with Crippen molar-refractivity contribution < 1.29 is 22.1 Å². The van der Waals surface area contributed by atoms with Crippen molar-refractivity contribution in [1.82, 2.24) is 14.4 Å².